The third-order valence-electron chi connectivity index (χ3n) is 8.37. The van der Waals surface area contributed by atoms with Crippen LogP contribution < -0.4 is 26.2 Å². The molecular weight excluding hydrogens is 471 g/mol. The zero-order chi connectivity index (χ0) is 27.0. The smallest absolute Gasteiger partial charge is 0.252 e. The second-order valence-electron chi connectivity index (χ2n) is 11.5. The van der Waals surface area contributed by atoms with Crippen LogP contribution in [0.2, 0.25) is 0 Å². The van der Waals surface area contributed by atoms with Crippen molar-refractivity contribution in [1.82, 2.24) is 0 Å². The van der Waals surface area contributed by atoms with Crippen molar-refractivity contribution in [2.75, 3.05) is 9.80 Å². The van der Waals surface area contributed by atoms with Crippen molar-refractivity contribution in [3.63, 3.8) is 0 Å². The predicted octanol–water partition coefficient (Wildman–Crippen LogP) is 7.62. The monoisotopic (exact) mass is 504 g/mol. The fraction of sp³-hybridized carbons (Fsp3) is 0.167. The molecule has 0 saturated carbocycles. The zero-order valence-electron chi connectivity index (χ0n) is 23.6. The Bertz CT molecular complexity index is 1670. The second kappa shape index (κ2) is 8.64. The summed E-state index contributed by atoms with van der Waals surface area (Å²) in [6.45, 7) is 13.5. The molecule has 2 aliphatic heterocycles. The van der Waals surface area contributed by atoms with Gasteiger partial charge in [0.1, 0.15) is 0 Å². The molecule has 190 valence electrons. The summed E-state index contributed by atoms with van der Waals surface area (Å²) in [5.74, 6) is 0. The molecule has 0 N–H and O–H groups in total. The van der Waals surface area contributed by atoms with Gasteiger partial charge in [-0.05, 0) is 117 Å². The summed E-state index contributed by atoms with van der Waals surface area (Å²) in [6.07, 6.45) is 0. The molecule has 2 heterocycles. The van der Waals surface area contributed by atoms with Crippen LogP contribution in [0.5, 0.6) is 0 Å². The molecule has 0 aromatic heterocycles. The van der Waals surface area contributed by atoms with E-state index in [9.17, 15) is 0 Å². The van der Waals surface area contributed by atoms with Gasteiger partial charge in [0.15, 0.2) is 0 Å². The minimum Gasteiger partial charge on any atom is -0.311 e. The maximum Gasteiger partial charge on any atom is 0.252 e. The number of hydrogen-bond acceptors (Lipinski definition) is 2. The number of hydrogen-bond donors (Lipinski definition) is 0. The first kappa shape index (κ1) is 23.9. The molecule has 3 heteroatoms. The molecule has 0 unspecified atom stereocenters. The van der Waals surface area contributed by atoms with E-state index in [-0.39, 0.29) is 6.71 Å². The van der Waals surface area contributed by atoms with Gasteiger partial charge in [-0.25, -0.2) is 0 Å². The van der Waals surface area contributed by atoms with Crippen LogP contribution in [-0.4, -0.2) is 6.71 Å². The summed E-state index contributed by atoms with van der Waals surface area (Å²) in [7, 11) is 0. The molecule has 5 aromatic carbocycles. The van der Waals surface area contributed by atoms with Gasteiger partial charge in [0.05, 0.1) is 0 Å². The molecule has 0 aliphatic carbocycles. The van der Waals surface area contributed by atoms with Gasteiger partial charge in [-0.1, -0.05) is 65.7 Å². The van der Waals surface area contributed by atoms with E-state index in [4.69, 9.17) is 0 Å². The highest BCUT2D eigenvalue weighted by molar-refractivity contribution is 7.00. The molecule has 0 amide bonds. The fourth-order valence-electron chi connectivity index (χ4n) is 7.05. The van der Waals surface area contributed by atoms with Crippen LogP contribution in [-0.2, 0) is 0 Å². The number of anilines is 6. The van der Waals surface area contributed by atoms with Crippen molar-refractivity contribution >= 4 is 57.2 Å². The van der Waals surface area contributed by atoms with Crippen LogP contribution in [0.15, 0.2) is 91.0 Å². The van der Waals surface area contributed by atoms with Gasteiger partial charge in [-0.2, -0.15) is 0 Å². The van der Waals surface area contributed by atoms with E-state index in [1.54, 1.807) is 0 Å². The standard InChI is InChI=1S/C36H33BN2/c1-22-10-7-12-28(18-22)38-32-14-9-15-33-34(32)37(30-20-24(3)16-26(5)35(30)38)31-21-25(4)17-27(6)36(31)39(33)29-13-8-11-23(2)19-29/h7-21H,1-6H3. The molecule has 7 rings (SSSR count). The van der Waals surface area contributed by atoms with E-state index in [1.807, 2.05) is 0 Å². The third kappa shape index (κ3) is 3.56. The van der Waals surface area contributed by atoms with Crippen molar-refractivity contribution in [1.29, 1.82) is 0 Å². The average molecular weight is 504 g/mol. The van der Waals surface area contributed by atoms with Crippen LogP contribution in [0, 0.1) is 41.5 Å². The van der Waals surface area contributed by atoms with Crippen molar-refractivity contribution in [2.24, 2.45) is 0 Å². The highest BCUT2D eigenvalue weighted by Crippen LogP contribution is 2.45. The zero-order valence-corrected chi connectivity index (χ0v) is 23.6. The van der Waals surface area contributed by atoms with Gasteiger partial charge in [0.2, 0.25) is 0 Å². The third-order valence-corrected chi connectivity index (χ3v) is 8.37. The highest BCUT2D eigenvalue weighted by atomic mass is 15.2. The Hall–Kier alpha value is -4.24. The lowest BCUT2D eigenvalue weighted by molar-refractivity contribution is 1.21. The molecule has 0 saturated heterocycles. The lowest BCUT2D eigenvalue weighted by Gasteiger charge is -2.45. The number of aryl methyl sites for hydroxylation is 6. The Labute approximate surface area is 232 Å². The maximum atomic E-state index is 2.51. The topological polar surface area (TPSA) is 6.48 Å². The first-order valence-electron chi connectivity index (χ1n) is 13.9. The second-order valence-corrected chi connectivity index (χ2v) is 11.5. The minimum absolute atomic E-state index is 0.167. The number of fused-ring (bicyclic) bond motifs is 4. The first-order valence-corrected chi connectivity index (χ1v) is 13.9. The molecule has 5 aromatic rings. The maximum absolute atomic E-state index is 2.51. The largest absolute Gasteiger partial charge is 0.311 e. The van der Waals surface area contributed by atoms with Crippen molar-refractivity contribution in [3.8, 4) is 0 Å². The molecule has 39 heavy (non-hydrogen) atoms. The quantitative estimate of drug-likeness (QED) is 0.224. The van der Waals surface area contributed by atoms with Crippen LogP contribution in [0.1, 0.15) is 33.4 Å². The van der Waals surface area contributed by atoms with E-state index in [0.29, 0.717) is 0 Å². The summed E-state index contributed by atoms with van der Waals surface area (Å²) in [5, 5.41) is 0. The Morgan fingerprint density at radius 2 is 0.897 bits per heavy atom. The van der Waals surface area contributed by atoms with E-state index >= 15 is 0 Å². The van der Waals surface area contributed by atoms with Gasteiger partial charge in [0, 0.05) is 34.1 Å². The number of nitrogens with zero attached hydrogens (tertiary/aromatic N) is 2. The van der Waals surface area contributed by atoms with Crippen LogP contribution in [0.3, 0.4) is 0 Å². The average Bonchev–Trinajstić information content (AvgIpc) is 2.89. The molecule has 2 nitrogen and oxygen atoms in total. The van der Waals surface area contributed by atoms with E-state index in [1.165, 1.54) is 83.9 Å². The molecular formula is C36H33BN2. The van der Waals surface area contributed by atoms with E-state index in [0.717, 1.165) is 0 Å². The van der Waals surface area contributed by atoms with Gasteiger partial charge >= 0.3 is 0 Å². The molecule has 0 fully saturated rings. The summed E-state index contributed by atoms with van der Waals surface area (Å²) in [5.41, 5.74) is 19.5. The summed E-state index contributed by atoms with van der Waals surface area (Å²) < 4.78 is 0. The Balaban J connectivity index is 1.63. The lowest BCUT2D eigenvalue weighted by atomic mass is 9.33. The minimum atomic E-state index is 0.167. The summed E-state index contributed by atoms with van der Waals surface area (Å²) in [6, 6.07) is 34.2. The molecule has 2 aliphatic rings. The Morgan fingerprint density at radius 1 is 0.462 bits per heavy atom. The van der Waals surface area contributed by atoms with Crippen molar-refractivity contribution < 1.29 is 0 Å². The van der Waals surface area contributed by atoms with E-state index < -0.39 is 0 Å². The van der Waals surface area contributed by atoms with Gasteiger partial charge in [-0.15, -0.1) is 0 Å². The number of rotatable bonds is 2. The van der Waals surface area contributed by atoms with Crippen LogP contribution in [0.25, 0.3) is 0 Å². The van der Waals surface area contributed by atoms with Crippen molar-refractivity contribution in [3.05, 3.63) is 124 Å². The lowest BCUT2D eigenvalue weighted by Crippen LogP contribution is -2.61. The normalized spacial score (nSPS) is 13.2. The summed E-state index contributed by atoms with van der Waals surface area (Å²) in [4.78, 5) is 5.02. The van der Waals surface area contributed by atoms with Gasteiger partial charge in [0.25, 0.3) is 6.71 Å². The summed E-state index contributed by atoms with van der Waals surface area (Å²) >= 11 is 0. The first-order chi connectivity index (χ1) is 18.8. The predicted molar refractivity (Wildman–Crippen MR) is 169 cm³/mol. The molecule has 0 atom stereocenters. The van der Waals surface area contributed by atoms with Crippen molar-refractivity contribution in [2.45, 2.75) is 41.5 Å². The van der Waals surface area contributed by atoms with Crippen LogP contribution in [0.4, 0.5) is 34.1 Å². The number of benzene rings is 5. The van der Waals surface area contributed by atoms with Gasteiger partial charge in [-0.3, -0.25) is 0 Å². The van der Waals surface area contributed by atoms with E-state index in [2.05, 4.69) is 142 Å². The highest BCUT2D eigenvalue weighted by Gasteiger charge is 2.44. The Kier molecular flexibility index (Phi) is 5.28. The molecule has 0 bridgehead atoms. The SMILES string of the molecule is Cc1cccc(N2c3cccc4c3B(c3cc(C)cc(C)c32)c2cc(C)cc(C)c2N4c2cccc(C)c2)c1. The molecule has 0 radical (unpaired) electrons. The molecule has 0 spiro atoms. The Morgan fingerprint density at radius 3 is 1.33 bits per heavy atom. The van der Waals surface area contributed by atoms with Crippen LogP contribution >= 0.6 is 0 Å². The fourth-order valence-corrected chi connectivity index (χ4v) is 7.05. The van der Waals surface area contributed by atoms with Gasteiger partial charge < -0.3 is 9.80 Å².